The minimum atomic E-state index is -0.0362. The lowest BCUT2D eigenvalue weighted by atomic mass is 10.1. The van der Waals surface area contributed by atoms with Crippen molar-refractivity contribution < 1.29 is 14.3 Å². The monoisotopic (exact) mass is 370 g/mol. The number of ketones is 1. The van der Waals surface area contributed by atoms with Crippen molar-refractivity contribution in [2.24, 2.45) is 5.92 Å². The number of hydrogen-bond donors (Lipinski definition) is 0. The van der Waals surface area contributed by atoms with E-state index < -0.39 is 0 Å². The number of rotatable bonds is 15. The molecule has 3 heteroatoms. The van der Waals surface area contributed by atoms with E-state index in [2.05, 4.69) is 6.92 Å². The fourth-order valence-corrected chi connectivity index (χ4v) is 2.83. The largest absolute Gasteiger partial charge is 0.463 e. The maximum atomic E-state index is 11.3. The molecule has 0 aliphatic rings. The van der Waals surface area contributed by atoms with E-state index in [0.717, 1.165) is 12.8 Å². The third-order valence-electron chi connectivity index (χ3n) is 4.05. The van der Waals surface area contributed by atoms with Crippen molar-refractivity contribution in [2.45, 2.75) is 131 Å². The van der Waals surface area contributed by atoms with Crippen LogP contribution in [0.4, 0.5) is 0 Å². The van der Waals surface area contributed by atoms with Gasteiger partial charge in [-0.15, -0.1) is 0 Å². The Kier molecular flexibility index (Phi) is 21.5. The van der Waals surface area contributed by atoms with Gasteiger partial charge in [0, 0.05) is 12.8 Å². The van der Waals surface area contributed by atoms with Crippen LogP contribution < -0.4 is 0 Å². The first-order chi connectivity index (χ1) is 12.3. The topological polar surface area (TPSA) is 43.4 Å². The molecule has 0 saturated carbocycles. The third kappa shape index (κ3) is 28.0. The molecule has 0 atom stereocenters. The van der Waals surface area contributed by atoms with Crippen molar-refractivity contribution in [1.82, 2.24) is 0 Å². The van der Waals surface area contributed by atoms with Gasteiger partial charge in [0.15, 0.2) is 0 Å². The molecule has 0 rings (SSSR count). The molecule has 3 nitrogen and oxygen atoms in total. The molecule has 0 unspecified atom stereocenters. The van der Waals surface area contributed by atoms with E-state index in [1.807, 2.05) is 27.7 Å². The second-order valence-electron chi connectivity index (χ2n) is 8.12. The molecular weight excluding hydrogens is 324 g/mol. The molecule has 0 saturated heterocycles. The summed E-state index contributed by atoms with van der Waals surface area (Å²) in [6.45, 7) is 11.8. The summed E-state index contributed by atoms with van der Waals surface area (Å²) in [5, 5.41) is 0. The molecule has 26 heavy (non-hydrogen) atoms. The molecule has 0 amide bonds. The highest BCUT2D eigenvalue weighted by Crippen LogP contribution is 2.12. The maximum absolute atomic E-state index is 11.3. The summed E-state index contributed by atoms with van der Waals surface area (Å²) in [5.74, 6) is 0.776. The van der Waals surface area contributed by atoms with E-state index in [0.29, 0.717) is 12.3 Å². The highest BCUT2D eigenvalue weighted by atomic mass is 16.5. The van der Waals surface area contributed by atoms with Crippen LogP contribution in [0.5, 0.6) is 0 Å². The van der Waals surface area contributed by atoms with Gasteiger partial charge in [-0.05, 0) is 33.1 Å². The predicted octanol–water partition coefficient (Wildman–Crippen LogP) is 7.26. The van der Waals surface area contributed by atoms with Crippen molar-refractivity contribution in [3.05, 3.63) is 0 Å². The van der Waals surface area contributed by atoms with Crippen molar-refractivity contribution in [2.75, 3.05) is 0 Å². The molecule has 0 aliphatic heterocycles. The molecule has 0 radical (unpaired) electrons. The molecule has 0 aromatic carbocycles. The van der Waals surface area contributed by atoms with Crippen LogP contribution in [0.15, 0.2) is 0 Å². The smallest absolute Gasteiger partial charge is 0.306 e. The summed E-state index contributed by atoms with van der Waals surface area (Å²) >= 11 is 0. The first-order valence-corrected chi connectivity index (χ1v) is 11.0. The molecule has 0 aliphatic carbocycles. The second kappa shape index (κ2) is 20.5. The van der Waals surface area contributed by atoms with Crippen LogP contribution in [0.2, 0.25) is 0 Å². The van der Waals surface area contributed by atoms with Crippen LogP contribution in [0, 0.1) is 5.92 Å². The lowest BCUT2D eigenvalue weighted by molar-refractivity contribution is -0.147. The number of unbranched alkanes of at least 4 members (excludes halogenated alkanes) is 10. The minimum Gasteiger partial charge on any atom is -0.463 e. The Morgan fingerprint density at radius 3 is 1.46 bits per heavy atom. The molecular formula is C23H46O3. The molecule has 0 aromatic rings. The third-order valence-corrected chi connectivity index (χ3v) is 4.05. The van der Waals surface area contributed by atoms with E-state index in [1.165, 1.54) is 64.2 Å². The van der Waals surface area contributed by atoms with Gasteiger partial charge in [-0.3, -0.25) is 4.79 Å². The zero-order valence-electron chi connectivity index (χ0n) is 18.6. The molecule has 0 N–H and O–H groups in total. The standard InChI is InChI=1S/C17H34O2.C6H12O/c1-4-5-6-7-8-9-10-11-12-13-14-15-17(18)19-16(2)3;1-5(2)4-6(3)7/h16H,4-15H2,1-3H3;5H,4H2,1-3H3. The molecule has 156 valence electrons. The summed E-state index contributed by atoms with van der Waals surface area (Å²) in [4.78, 5) is 21.5. The van der Waals surface area contributed by atoms with Gasteiger partial charge in [-0.2, -0.15) is 0 Å². The Labute approximate surface area is 163 Å². The first-order valence-electron chi connectivity index (χ1n) is 11.0. The first kappa shape index (κ1) is 27.4. The van der Waals surface area contributed by atoms with Gasteiger partial charge < -0.3 is 9.53 Å². The van der Waals surface area contributed by atoms with Gasteiger partial charge in [0.1, 0.15) is 5.78 Å². The van der Waals surface area contributed by atoms with E-state index in [9.17, 15) is 9.59 Å². The summed E-state index contributed by atoms with van der Waals surface area (Å²) in [5.41, 5.74) is 0. The fourth-order valence-electron chi connectivity index (χ4n) is 2.83. The quantitative estimate of drug-likeness (QED) is 0.225. The Balaban J connectivity index is 0. The van der Waals surface area contributed by atoms with Crippen molar-refractivity contribution in [3.8, 4) is 0 Å². The Bertz CT molecular complexity index is 321. The predicted molar refractivity (Wildman–Crippen MR) is 112 cm³/mol. The van der Waals surface area contributed by atoms with Crippen LogP contribution in [-0.2, 0) is 14.3 Å². The summed E-state index contributed by atoms with van der Waals surface area (Å²) in [6, 6.07) is 0. The van der Waals surface area contributed by atoms with Crippen LogP contribution in [-0.4, -0.2) is 17.9 Å². The van der Waals surface area contributed by atoms with Crippen LogP contribution in [0.3, 0.4) is 0 Å². The molecule has 0 spiro atoms. The number of carbonyl (C=O) groups excluding carboxylic acids is 2. The van der Waals surface area contributed by atoms with E-state index in [1.54, 1.807) is 6.92 Å². The molecule has 0 aromatic heterocycles. The number of carbonyl (C=O) groups is 2. The number of hydrogen-bond acceptors (Lipinski definition) is 3. The van der Waals surface area contributed by atoms with Gasteiger partial charge in [0.05, 0.1) is 6.10 Å². The lowest BCUT2D eigenvalue weighted by Crippen LogP contribution is -2.10. The maximum Gasteiger partial charge on any atom is 0.306 e. The Morgan fingerprint density at radius 1 is 0.731 bits per heavy atom. The van der Waals surface area contributed by atoms with Crippen LogP contribution >= 0.6 is 0 Å². The lowest BCUT2D eigenvalue weighted by Gasteiger charge is -2.07. The highest BCUT2D eigenvalue weighted by Gasteiger charge is 2.04. The van der Waals surface area contributed by atoms with Gasteiger partial charge in [-0.1, -0.05) is 85.0 Å². The van der Waals surface area contributed by atoms with Crippen LogP contribution in [0.1, 0.15) is 125 Å². The molecule has 0 heterocycles. The fraction of sp³-hybridized carbons (Fsp3) is 0.913. The van der Waals surface area contributed by atoms with E-state index in [4.69, 9.17) is 4.74 Å². The summed E-state index contributed by atoms with van der Waals surface area (Å²) < 4.78 is 5.10. The van der Waals surface area contributed by atoms with E-state index in [-0.39, 0.29) is 17.9 Å². The van der Waals surface area contributed by atoms with Gasteiger partial charge in [0.25, 0.3) is 0 Å². The summed E-state index contributed by atoms with van der Waals surface area (Å²) in [6.07, 6.45) is 15.8. The minimum absolute atomic E-state index is 0.0280. The highest BCUT2D eigenvalue weighted by molar-refractivity contribution is 5.75. The zero-order valence-corrected chi connectivity index (χ0v) is 18.6. The summed E-state index contributed by atoms with van der Waals surface area (Å²) in [7, 11) is 0. The second-order valence-corrected chi connectivity index (χ2v) is 8.12. The van der Waals surface area contributed by atoms with Crippen molar-refractivity contribution >= 4 is 11.8 Å². The average molecular weight is 371 g/mol. The normalized spacial score (nSPS) is 10.6. The Morgan fingerprint density at radius 2 is 1.15 bits per heavy atom. The van der Waals surface area contributed by atoms with Gasteiger partial charge in [0.2, 0.25) is 0 Å². The molecule has 0 bridgehead atoms. The number of Topliss-reactive ketones (excluding diaryl/α,β-unsaturated/α-hetero) is 1. The van der Waals surface area contributed by atoms with Crippen molar-refractivity contribution in [3.63, 3.8) is 0 Å². The van der Waals surface area contributed by atoms with E-state index >= 15 is 0 Å². The van der Waals surface area contributed by atoms with Gasteiger partial charge >= 0.3 is 5.97 Å². The Hall–Kier alpha value is -0.860. The zero-order chi connectivity index (χ0) is 20.2. The molecule has 0 fully saturated rings. The number of esters is 1. The van der Waals surface area contributed by atoms with Crippen LogP contribution in [0.25, 0.3) is 0 Å². The van der Waals surface area contributed by atoms with Crippen molar-refractivity contribution in [1.29, 1.82) is 0 Å². The average Bonchev–Trinajstić information content (AvgIpc) is 2.51. The number of ether oxygens (including phenoxy) is 1. The van der Waals surface area contributed by atoms with Gasteiger partial charge in [-0.25, -0.2) is 0 Å². The SMILES string of the molecule is CC(=O)CC(C)C.CCCCCCCCCCCCCC(=O)OC(C)C.